The Kier molecular flexibility index (Phi) is 11.5. The third kappa shape index (κ3) is 8.29. The van der Waals surface area contributed by atoms with Gasteiger partial charge in [-0.25, -0.2) is 0 Å². The van der Waals surface area contributed by atoms with Gasteiger partial charge in [-0.3, -0.25) is 19.3 Å². The standard InChI is InChI=1S/C37H39ClN2O7S/c38-47-34(42)10-6-22-45-31-25-27(13-16-30(31)46-23-20-39-17-3-4-18-39)37-35(29-7-1-2-8-32(29)48-37)36(43)26-11-14-28(15-12-26)44-24-21-40-19-5-9-33(40)41/h1-2,7-8,11-16,25H,3-6,9-10,17-24H2. The molecule has 0 N–H and O–H groups in total. The lowest BCUT2D eigenvalue weighted by atomic mass is 9.97. The molecule has 6 rings (SSSR count). The van der Waals surface area contributed by atoms with Gasteiger partial charge in [-0.05, 0) is 92.9 Å². The van der Waals surface area contributed by atoms with Gasteiger partial charge in [0.25, 0.3) is 0 Å². The molecule has 0 aliphatic carbocycles. The zero-order valence-corrected chi connectivity index (χ0v) is 28.4. The van der Waals surface area contributed by atoms with Gasteiger partial charge in [0.05, 0.1) is 19.6 Å². The van der Waals surface area contributed by atoms with Crippen molar-refractivity contribution in [3.8, 4) is 27.7 Å². The predicted octanol–water partition coefficient (Wildman–Crippen LogP) is 7.13. The fraction of sp³-hybridized carbons (Fsp3) is 0.378. The van der Waals surface area contributed by atoms with Crippen molar-refractivity contribution in [1.82, 2.24) is 9.80 Å². The van der Waals surface area contributed by atoms with E-state index in [4.69, 9.17) is 26.1 Å². The van der Waals surface area contributed by atoms with Crippen LogP contribution in [0.25, 0.3) is 20.5 Å². The minimum absolute atomic E-state index is 0.0929. The highest BCUT2D eigenvalue weighted by Gasteiger charge is 2.23. The zero-order valence-electron chi connectivity index (χ0n) is 26.8. The molecular weight excluding hydrogens is 652 g/mol. The van der Waals surface area contributed by atoms with E-state index in [2.05, 4.69) is 9.19 Å². The fourth-order valence-electron chi connectivity index (χ4n) is 6.14. The SMILES string of the molecule is O=C(CCCOc1cc(-c2sc3ccccc3c2C(=O)c2ccc(OCCN3CCCC3=O)cc2)ccc1OCCN1CCCC1)OCl. The second-order valence-electron chi connectivity index (χ2n) is 11.9. The fourth-order valence-corrected chi connectivity index (χ4v) is 7.42. The third-order valence-corrected chi connectivity index (χ3v) is 10.1. The van der Waals surface area contributed by atoms with Crippen LogP contribution in [0.1, 0.15) is 54.4 Å². The van der Waals surface area contributed by atoms with Gasteiger partial charge in [-0.1, -0.05) is 18.2 Å². The first-order valence-corrected chi connectivity index (χ1v) is 17.6. The van der Waals surface area contributed by atoms with Crippen molar-refractivity contribution in [2.75, 3.05) is 52.5 Å². The maximum Gasteiger partial charge on any atom is 0.324 e. The molecule has 2 aliphatic rings. The number of carbonyl (C=O) groups is 3. The van der Waals surface area contributed by atoms with Crippen LogP contribution in [0.3, 0.4) is 0 Å². The van der Waals surface area contributed by atoms with Crippen molar-refractivity contribution in [3.05, 3.63) is 77.9 Å². The molecule has 0 spiro atoms. The van der Waals surface area contributed by atoms with Gasteiger partial charge >= 0.3 is 5.97 Å². The Morgan fingerprint density at radius 2 is 1.58 bits per heavy atom. The predicted molar refractivity (Wildman–Crippen MR) is 186 cm³/mol. The second-order valence-corrected chi connectivity index (χ2v) is 13.2. The lowest BCUT2D eigenvalue weighted by molar-refractivity contribution is -0.134. The lowest BCUT2D eigenvalue weighted by Crippen LogP contribution is -2.29. The van der Waals surface area contributed by atoms with Crippen LogP contribution >= 0.6 is 23.2 Å². The number of halogens is 1. The van der Waals surface area contributed by atoms with Crippen LogP contribution in [0.15, 0.2) is 66.7 Å². The van der Waals surface area contributed by atoms with Crippen LogP contribution in [0, 0.1) is 0 Å². The van der Waals surface area contributed by atoms with E-state index in [1.54, 1.807) is 35.6 Å². The van der Waals surface area contributed by atoms with Gasteiger partial charge in [-0.2, -0.15) is 0 Å². The zero-order chi connectivity index (χ0) is 33.3. The summed E-state index contributed by atoms with van der Waals surface area (Å²) in [7, 11) is 0. The Morgan fingerprint density at radius 1 is 0.812 bits per heavy atom. The molecule has 1 aromatic heterocycles. The number of thiophene rings is 1. The number of hydrogen-bond donors (Lipinski definition) is 0. The first kappa shape index (κ1) is 33.8. The Balaban J connectivity index is 1.23. The molecule has 2 aliphatic heterocycles. The molecule has 11 heteroatoms. The van der Waals surface area contributed by atoms with E-state index in [0.29, 0.717) is 61.0 Å². The largest absolute Gasteiger partial charge is 0.492 e. The van der Waals surface area contributed by atoms with Crippen LogP contribution in [0.2, 0.25) is 0 Å². The van der Waals surface area contributed by atoms with Crippen molar-refractivity contribution in [2.45, 2.75) is 38.5 Å². The van der Waals surface area contributed by atoms with Crippen LogP contribution in [-0.4, -0.2) is 80.0 Å². The van der Waals surface area contributed by atoms with Crippen LogP contribution < -0.4 is 14.2 Å². The van der Waals surface area contributed by atoms with E-state index in [0.717, 1.165) is 53.1 Å². The van der Waals surface area contributed by atoms with E-state index in [1.165, 1.54) is 12.8 Å². The lowest BCUT2D eigenvalue weighted by Gasteiger charge is -2.17. The Morgan fingerprint density at radius 3 is 2.35 bits per heavy atom. The molecule has 4 aromatic rings. The maximum atomic E-state index is 14.2. The van der Waals surface area contributed by atoms with Crippen molar-refractivity contribution >= 4 is 50.9 Å². The van der Waals surface area contributed by atoms with E-state index >= 15 is 0 Å². The Hall–Kier alpha value is -4.12. The van der Waals surface area contributed by atoms with Gasteiger partial charge in [-0.15, -0.1) is 11.3 Å². The summed E-state index contributed by atoms with van der Waals surface area (Å²) in [6.07, 6.45) is 4.48. The number of likely N-dealkylation sites (tertiary alicyclic amines) is 2. The summed E-state index contributed by atoms with van der Waals surface area (Å²) in [5, 5.41) is 0.881. The summed E-state index contributed by atoms with van der Waals surface area (Å²) in [5.41, 5.74) is 2.00. The number of ether oxygens (including phenoxy) is 3. The molecule has 0 atom stereocenters. The summed E-state index contributed by atoms with van der Waals surface area (Å²) in [4.78, 5) is 42.6. The van der Waals surface area contributed by atoms with Gasteiger partial charge in [0.15, 0.2) is 17.3 Å². The third-order valence-electron chi connectivity index (χ3n) is 8.68. The monoisotopic (exact) mass is 690 g/mol. The van der Waals surface area contributed by atoms with E-state index in [1.807, 2.05) is 47.4 Å². The van der Waals surface area contributed by atoms with Crippen LogP contribution in [0.5, 0.6) is 17.2 Å². The van der Waals surface area contributed by atoms with Gasteiger partial charge in [0.2, 0.25) is 5.91 Å². The molecule has 3 aromatic carbocycles. The number of rotatable bonds is 16. The molecule has 48 heavy (non-hydrogen) atoms. The summed E-state index contributed by atoms with van der Waals surface area (Å²) in [6, 6.07) is 20.8. The summed E-state index contributed by atoms with van der Waals surface area (Å²) in [6.45, 7) is 5.52. The Labute approximate surface area is 289 Å². The molecule has 0 bridgehead atoms. The highest BCUT2D eigenvalue weighted by molar-refractivity contribution is 7.22. The number of fused-ring (bicyclic) bond motifs is 1. The highest BCUT2D eigenvalue weighted by Crippen LogP contribution is 2.42. The van der Waals surface area contributed by atoms with Gasteiger partial charge in [0.1, 0.15) is 30.8 Å². The van der Waals surface area contributed by atoms with E-state index in [-0.39, 0.29) is 24.7 Å². The summed E-state index contributed by atoms with van der Waals surface area (Å²) in [5.74, 6) is 1.37. The number of carbonyl (C=O) groups excluding carboxylic acids is 3. The quantitative estimate of drug-likeness (QED) is 0.0906. The number of ketones is 1. The molecule has 9 nitrogen and oxygen atoms in total. The molecule has 3 heterocycles. The van der Waals surface area contributed by atoms with Crippen LogP contribution in [-0.2, 0) is 13.9 Å². The minimum Gasteiger partial charge on any atom is -0.492 e. The second kappa shape index (κ2) is 16.3. The van der Waals surface area contributed by atoms with Gasteiger partial charge in [0, 0.05) is 45.6 Å². The molecule has 252 valence electrons. The first-order valence-electron chi connectivity index (χ1n) is 16.5. The number of benzene rings is 3. The highest BCUT2D eigenvalue weighted by atomic mass is 35.5. The van der Waals surface area contributed by atoms with Crippen molar-refractivity contribution in [3.63, 3.8) is 0 Å². The molecular formula is C37H39ClN2O7S. The first-order chi connectivity index (χ1) is 23.5. The molecule has 2 fully saturated rings. The maximum absolute atomic E-state index is 14.2. The van der Waals surface area contributed by atoms with Crippen LogP contribution in [0.4, 0.5) is 0 Å². The molecule has 0 unspecified atom stereocenters. The number of nitrogens with zero attached hydrogens (tertiary/aromatic N) is 2. The number of hydrogen-bond acceptors (Lipinski definition) is 9. The van der Waals surface area contributed by atoms with Crippen molar-refractivity contribution in [1.29, 1.82) is 0 Å². The topological polar surface area (TPSA) is 94.6 Å². The molecule has 0 radical (unpaired) electrons. The smallest absolute Gasteiger partial charge is 0.324 e. The van der Waals surface area contributed by atoms with E-state index in [9.17, 15) is 14.4 Å². The molecule has 1 amide bonds. The average molecular weight is 691 g/mol. The molecule has 0 saturated carbocycles. The summed E-state index contributed by atoms with van der Waals surface area (Å²) >= 11 is 6.74. The van der Waals surface area contributed by atoms with Gasteiger partial charge < -0.3 is 23.4 Å². The van der Waals surface area contributed by atoms with Crippen molar-refractivity contribution in [2.24, 2.45) is 0 Å². The van der Waals surface area contributed by atoms with Crippen molar-refractivity contribution < 1.29 is 32.9 Å². The number of amides is 1. The molecule has 2 saturated heterocycles. The minimum atomic E-state index is -0.511. The normalized spacial score (nSPS) is 14.9. The Bertz CT molecular complexity index is 1740. The average Bonchev–Trinajstić information content (AvgIpc) is 3.87. The van der Waals surface area contributed by atoms with E-state index < -0.39 is 5.97 Å². The summed E-state index contributed by atoms with van der Waals surface area (Å²) < 4.78 is 23.5.